The molecular formula is C26H35N3O2. The van der Waals surface area contributed by atoms with Crippen molar-refractivity contribution in [1.29, 1.82) is 0 Å². The molecule has 1 N–H and O–H groups in total. The third-order valence-electron chi connectivity index (χ3n) is 7.07. The van der Waals surface area contributed by atoms with E-state index in [2.05, 4.69) is 48.1 Å². The molecule has 2 heterocycles. The Morgan fingerprint density at radius 3 is 2.68 bits per heavy atom. The zero-order valence-electron chi connectivity index (χ0n) is 19.1. The van der Waals surface area contributed by atoms with E-state index < -0.39 is 6.04 Å². The van der Waals surface area contributed by atoms with Crippen molar-refractivity contribution in [1.82, 2.24) is 14.8 Å². The number of unbranched alkanes of at least 4 members (excludes halogenated alkanes) is 1. The summed E-state index contributed by atoms with van der Waals surface area (Å²) in [4.78, 5) is 28.7. The number of fused-ring (bicyclic) bond motifs is 3. The summed E-state index contributed by atoms with van der Waals surface area (Å²) < 4.78 is 2.18. The number of aromatic nitrogens is 1. The first kappa shape index (κ1) is 21.7. The maximum atomic E-state index is 13.4. The third kappa shape index (κ3) is 4.15. The van der Waals surface area contributed by atoms with Crippen LogP contribution in [0, 0.1) is 5.92 Å². The molecule has 1 atom stereocenters. The van der Waals surface area contributed by atoms with Gasteiger partial charge >= 0.3 is 0 Å². The van der Waals surface area contributed by atoms with Crippen molar-refractivity contribution in [3.63, 3.8) is 0 Å². The minimum absolute atomic E-state index is 0.0171. The number of hydrogen-bond donors (Lipinski definition) is 1. The molecule has 0 spiro atoms. The summed E-state index contributed by atoms with van der Waals surface area (Å²) in [7, 11) is 2.06. The van der Waals surface area contributed by atoms with Crippen molar-refractivity contribution in [2.45, 2.75) is 71.4 Å². The minimum atomic E-state index is -0.404. The Kier molecular flexibility index (Phi) is 6.49. The van der Waals surface area contributed by atoms with Crippen molar-refractivity contribution in [3.8, 4) is 0 Å². The Labute approximate surface area is 185 Å². The molecule has 166 valence electrons. The first-order valence-corrected chi connectivity index (χ1v) is 11.9. The summed E-state index contributed by atoms with van der Waals surface area (Å²) >= 11 is 0. The monoisotopic (exact) mass is 421 g/mol. The van der Waals surface area contributed by atoms with E-state index in [0.29, 0.717) is 13.1 Å². The van der Waals surface area contributed by atoms with Crippen LogP contribution in [0.5, 0.6) is 0 Å². The fraction of sp³-hybridized carbons (Fsp3) is 0.538. The van der Waals surface area contributed by atoms with Crippen LogP contribution >= 0.6 is 0 Å². The maximum Gasteiger partial charge on any atom is 0.247 e. The summed E-state index contributed by atoms with van der Waals surface area (Å²) in [5, 5.41) is 4.31. The fourth-order valence-electron chi connectivity index (χ4n) is 5.51. The second-order valence-corrected chi connectivity index (χ2v) is 9.18. The number of rotatable bonds is 6. The van der Waals surface area contributed by atoms with Gasteiger partial charge in [-0.1, -0.05) is 50.8 Å². The second kappa shape index (κ2) is 9.29. The quantitative estimate of drug-likeness (QED) is 0.682. The SMILES string of the molecule is CCCCNC(=O)C(C1CCCCC1)N1Cc2c(n(C)c3ccccc23)C(C)=CC1=O. The highest BCUT2D eigenvalue weighted by molar-refractivity contribution is 6.01. The highest BCUT2D eigenvalue weighted by Crippen LogP contribution is 2.36. The van der Waals surface area contributed by atoms with Gasteiger partial charge in [-0.25, -0.2) is 0 Å². The molecule has 2 amide bonds. The van der Waals surface area contributed by atoms with E-state index in [0.717, 1.165) is 60.9 Å². The number of benzene rings is 1. The number of allylic oxidation sites excluding steroid dienone is 1. The molecular weight excluding hydrogens is 386 g/mol. The molecule has 1 saturated carbocycles. The second-order valence-electron chi connectivity index (χ2n) is 9.18. The molecule has 5 heteroatoms. The van der Waals surface area contributed by atoms with E-state index in [1.54, 1.807) is 6.08 Å². The van der Waals surface area contributed by atoms with Gasteiger partial charge in [0.2, 0.25) is 11.8 Å². The summed E-state index contributed by atoms with van der Waals surface area (Å²) in [6, 6.07) is 7.95. The Hall–Kier alpha value is -2.56. The van der Waals surface area contributed by atoms with Crippen LogP contribution < -0.4 is 5.32 Å². The fourth-order valence-corrected chi connectivity index (χ4v) is 5.51. The lowest BCUT2D eigenvalue weighted by atomic mass is 9.82. The van der Waals surface area contributed by atoms with E-state index in [4.69, 9.17) is 0 Å². The van der Waals surface area contributed by atoms with Gasteiger partial charge in [0.1, 0.15) is 6.04 Å². The van der Waals surface area contributed by atoms with E-state index >= 15 is 0 Å². The van der Waals surface area contributed by atoms with Gasteiger partial charge in [0.25, 0.3) is 0 Å². The van der Waals surface area contributed by atoms with Crippen LogP contribution in [0.4, 0.5) is 0 Å². The molecule has 2 aliphatic rings. The average Bonchev–Trinajstić information content (AvgIpc) is 2.98. The van der Waals surface area contributed by atoms with Gasteiger partial charge in [0.05, 0.1) is 0 Å². The highest BCUT2D eigenvalue weighted by atomic mass is 16.2. The third-order valence-corrected chi connectivity index (χ3v) is 7.07. The van der Waals surface area contributed by atoms with E-state index in [1.165, 1.54) is 11.8 Å². The summed E-state index contributed by atoms with van der Waals surface area (Å²) in [6.45, 7) is 5.29. The molecule has 1 aliphatic carbocycles. The van der Waals surface area contributed by atoms with Gasteiger partial charge in [-0.05, 0) is 43.7 Å². The predicted molar refractivity (Wildman–Crippen MR) is 125 cm³/mol. The van der Waals surface area contributed by atoms with E-state index in [9.17, 15) is 9.59 Å². The Morgan fingerprint density at radius 2 is 1.94 bits per heavy atom. The van der Waals surface area contributed by atoms with Crippen LogP contribution in [-0.2, 0) is 23.2 Å². The van der Waals surface area contributed by atoms with Gasteiger partial charge < -0.3 is 14.8 Å². The zero-order valence-corrected chi connectivity index (χ0v) is 19.1. The Bertz CT molecular complexity index is 997. The molecule has 0 bridgehead atoms. The van der Waals surface area contributed by atoms with E-state index in [1.807, 2.05) is 11.8 Å². The lowest BCUT2D eigenvalue weighted by Gasteiger charge is -2.37. The molecule has 0 radical (unpaired) electrons. The number of carbonyl (C=O) groups excluding carboxylic acids is 2. The largest absolute Gasteiger partial charge is 0.354 e. The zero-order chi connectivity index (χ0) is 22.0. The van der Waals surface area contributed by atoms with Crippen LogP contribution in [0.2, 0.25) is 0 Å². The minimum Gasteiger partial charge on any atom is -0.354 e. The van der Waals surface area contributed by atoms with Gasteiger partial charge in [0, 0.05) is 48.4 Å². The summed E-state index contributed by atoms with van der Waals surface area (Å²) in [5.41, 5.74) is 4.39. The van der Waals surface area contributed by atoms with Gasteiger partial charge in [-0.3, -0.25) is 9.59 Å². The number of nitrogens with zero attached hydrogens (tertiary/aromatic N) is 2. The molecule has 0 saturated heterocycles. The average molecular weight is 422 g/mol. The van der Waals surface area contributed by atoms with Crippen molar-refractivity contribution < 1.29 is 9.59 Å². The maximum absolute atomic E-state index is 13.4. The molecule has 1 fully saturated rings. The smallest absolute Gasteiger partial charge is 0.247 e. The van der Waals surface area contributed by atoms with Crippen LogP contribution in [0.3, 0.4) is 0 Å². The van der Waals surface area contributed by atoms with Crippen molar-refractivity contribution in [2.24, 2.45) is 13.0 Å². The molecule has 1 aliphatic heterocycles. The lowest BCUT2D eigenvalue weighted by Crippen LogP contribution is -2.53. The molecule has 1 unspecified atom stereocenters. The number of amides is 2. The number of nitrogens with one attached hydrogen (secondary N) is 1. The van der Waals surface area contributed by atoms with Crippen LogP contribution in [0.15, 0.2) is 30.3 Å². The standard InChI is InChI=1S/C26H35N3O2/c1-4-5-15-27-26(31)25(19-11-7-6-8-12-19)29-17-21-20-13-9-10-14-22(20)28(3)24(21)18(2)16-23(29)30/h9-10,13-14,16,19,25H,4-8,11-12,15,17H2,1-3H3,(H,27,31). The molecule has 4 rings (SSSR count). The predicted octanol–water partition coefficient (Wildman–Crippen LogP) is 4.79. The van der Waals surface area contributed by atoms with Gasteiger partial charge in [-0.15, -0.1) is 0 Å². The van der Waals surface area contributed by atoms with Gasteiger partial charge in [-0.2, -0.15) is 0 Å². The molecule has 1 aromatic carbocycles. The van der Waals surface area contributed by atoms with Crippen LogP contribution in [-0.4, -0.2) is 33.9 Å². The molecule has 2 aromatic rings. The van der Waals surface area contributed by atoms with Crippen LogP contribution in [0.25, 0.3) is 16.5 Å². The highest BCUT2D eigenvalue weighted by Gasteiger charge is 2.38. The molecule has 5 nitrogen and oxygen atoms in total. The first-order chi connectivity index (χ1) is 15.0. The van der Waals surface area contributed by atoms with Gasteiger partial charge in [0.15, 0.2) is 0 Å². The topological polar surface area (TPSA) is 54.3 Å². The van der Waals surface area contributed by atoms with E-state index in [-0.39, 0.29) is 17.7 Å². The number of para-hydroxylation sites is 1. The Balaban J connectivity index is 1.75. The van der Waals surface area contributed by atoms with Crippen LogP contribution in [0.1, 0.15) is 70.1 Å². The Morgan fingerprint density at radius 1 is 1.19 bits per heavy atom. The van der Waals surface area contributed by atoms with Crippen molar-refractivity contribution >= 4 is 28.3 Å². The first-order valence-electron chi connectivity index (χ1n) is 11.9. The number of carbonyl (C=O) groups is 2. The lowest BCUT2D eigenvalue weighted by molar-refractivity contribution is -0.140. The number of aryl methyl sites for hydroxylation is 1. The normalized spacial score (nSPS) is 18.5. The van der Waals surface area contributed by atoms with Crippen molar-refractivity contribution in [2.75, 3.05) is 6.54 Å². The molecule has 31 heavy (non-hydrogen) atoms. The summed E-state index contributed by atoms with van der Waals surface area (Å²) in [5.74, 6) is 0.201. The molecule has 1 aromatic heterocycles. The summed E-state index contributed by atoms with van der Waals surface area (Å²) in [6.07, 6.45) is 9.27. The van der Waals surface area contributed by atoms with Crippen molar-refractivity contribution in [3.05, 3.63) is 41.6 Å². The number of hydrogen-bond acceptors (Lipinski definition) is 2.